The van der Waals surface area contributed by atoms with Crippen LogP contribution in [0.2, 0.25) is 0 Å². The minimum absolute atomic E-state index is 0.768. The van der Waals surface area contributed by atoms with E-state index >= 15 is 0 Å². The number of nitrogen functional groups attached to an aromatic ring is 1. The Morgan fingerprint density at radius 1 is 1.06 bits per heavy atom. The van der Waals surface area contributed by atoms with E-state index in [1.54, 1.807) is 0 Å². The lowest BCUT2D eigenvalue weighted by atomic mass is 10.2. The number of hydrogen-bond donors (Lipinski definition) is 1. The minimum atomic E-state index is 0.768. The molecule has 2 N–H and O–H groups in total. The topological polar surface area (TPSA) is 50.7 Å². The summed E-state index contributed by atoms with van der Waals surface area (Å²) in [5.74, 6) is 0. The fourth-order valence-electron chi connectivity index (χ4n) is 1.37. The van der Waals surface area contributed by atoms with Crippen LogP contribution in [0.5, 0.6) is 0 Å². The fraction of sp³-hybridized carbons (Fsp3) is 0.0769. The van der Waals surface area contributed by atoms with Gasteiger partial charge in [0.05, 0.1) is 11.4 Å². The van der Waals surface area contributed by atoms with E-state index in [2.05, 4.69) is 26.2 Å². The lowest BCUT2D eigenvalue weighted by Crippen LogP contribution is -1.86. The number of nitrogens with zero attached hydrogens (tertiary/aromatic N) is 2. The number of benzene rings is 2. The standard InChI is InChI=1S/C13H12BrN3/c1-9-8-10(6-7-12(9)15)16-17-13-5-3-2-4-11(13)14/h2-8H,15H2,1H3. The first-order valence-electron chi connectivity index (χ1n) is 5.19. The van der Waals surface area contributed by atoms with E-state index in [1.807, 2.05) is 49.4 Å². The first-order chi connectivity index (χ1) is 8.16. The van der Waals surface area contributed by atoms with Crippen LogP contribution in [0.15, 0.2) is 57.2 Å². The van der Waals surface area contributed by atoms with Gasteiger partial charge < -0.3 is 5.73 Å². The smallest absolute Gasteiger partial charge is 0.0998 e. The Hall–Kier alpha value is -1.68. The predicted octanol–water partition coefficient (Wildman–Crippen LogP) is 4.76. The Kier molecular flexibility index (Phi) is 3.54. The van der Waals surface area contributed by atoms with Gasteiger partial charge in [0, 0.05) is 10.2 Å². The molecule has 3 nitrogen and oxygen atoms in total. The molecule has 0 aliphatic rings. The number of azo groups is 1. The van der Waals surface area contributed by atoms with E-state index in [0.29, 0.717) is 0 Å². The molecule has 0 unspecified atom stereocenters. The molecule has 86 valence electrons. The molecule has 0 saturated carbocycles. The quantitative estimate of drug-likeness (QED) is 0.629. The van der Waals surface area contributed by atoms with Gasteiger partial charge in [0.1, 0.15) is 0 Å². The van der Waals surface area contributed by atoms with E-state index in [-0.39, 0.29) is 0 Å². The maximum Gasteiger partial charge on any atom is 0.0998 e. The molecule has 2 rings (SSSR count). The summed E-state index contributed by atoms with van der Waals surface area (Å²) < 4.78 is 0.927. The molecule has 4 heteroatoms. The van der Waals surface area contributed by atoms with Crippen LogP contribution in [-0.2, 0) is 0 Å². The highest BCUT2D eigenvalue weighted by molar-refractivity contribution is 9.10. The molecule has 2 aromatic rings. The third kappa shape index (κ3) is 2.91. The summed E-state index contributed by atoms with van der Waals surface area (Å²) in [6.07, 6.45) is 0. The van der Waals surface area contributed by atoms with Gasteiger partial charge in [-0.05, 0) is 58.7 Å². The van der Waals surface area contributed by atoms with Crippen LogP contribution in [0.3, 0.4) is 0 Å². The van der Waals surface area contributed by atoms with Crippen LogP contribution in [0.1, 0.15) is 5.56 Å². The Morgan fingerprint density at radius 3 is 2.53 bits per heavy atom. The Bertz CT molecular complexity index is 564. The van der Waals surface area contributed by atoms with Crippen molar-refractivity contribution in [3.63, 3.8) is 0 Å². The molecule has 0 spiro atoms. The van der Waals surface area contributed by atoms with Crippen molar-refractivity contribution >= 4 is 33.0 Å². The third-order valence-electron chi connectivity index (χ3n) is 2.38. The van der Waals surface area contributed by atoms with Crippen molar-refractivity contribution in [1.29, 1.82) is 0 Å². The number of anilines is 1. The van der Waals surface area contributed by atoms with Gasteiger partial charge in [0.25, 0.3) is 0 Å². The fourth-order valence-corrected chi connectivity index (χ4v) is 1.73. The first kappa shape index (κ1) is 11.8. The van der Waals surface area contributed by atoms with E-state index in [1.165, 1.54) is 0 Å². The molecule has 17 heavy (non-hydrogen) atoms. The van der Waals surface area contributed by atoms with Crippen molar-refractivity contribution in [2.75, 3.05) is 5.73 Å². The zero-order valence-corrected chi connectivity index (χ0v) is 11.0. The van der Waals surface area contributed by atoms with Crippen molar-refractivity contribution in [3.8, 4) is 0 Å². The SMILES string of the molecule is Cc1cc(N=Nc2ccccc2Br)ccc1N. The first-order valence-corrected chi connectivity index (χ1v) is 5.98. The molecule has 0 aliphatic heterocycles. The maximum absolute atomic E-state index is 5.74. The molecule has 0 atom stereocenters. The normalized spacial score (nSPS) is 10.9. The predicted molar refractivity (Wildman–Crippen MR) is 73.9 cm³/mol. The van der Waals surface area contributed by atoms with Gasteiger partial charge >= 0.3 is 0 Å². The Morgan fingerprint density at radius 2 is 1.82 bits per heavy atom. The van der Waals surface area contributed by atoms with Gasteiger partial charge in [-0.25, -0.2) is 0 Å². The van der Waals surface area contributed by atoms with Gasteiger partial charge in [-0.15, -0.1) is 5.11 Å². The molecule has 0 aliphatic carbocycles. The molecular weight excluding hydrogens is 278 g/mol. The summed E-state index contributed by atoms with van der Waals surface area (Å²) in [5, 5.41) is 8.36. The molecule has 0 aromatic heterocycles. The maximum atomic E-state index is 5.74. The van der Waals surface area contributed by atoms with Crippen molar-refractivity contribution in [2.45, 2.75) is 6.92 Å². The summed E-state index contributed by atoms with van der Waals surface area (Å²) in [5.41, 5.74) is 9.12. The Balaban J connectivity index is 2.26. The van der Waals surface area contributed by atoms with Gasteiger partial charge in [0.2, 0.25) is 0 Å². The molecular formula is C13H12BrN3. The molecule has 0 heterocycles. The van der Waals surface area contributed by atoms with Gasteiger partial charge in [0.15, 0.2) is 0 Å². The largest absolute Gasteiger partial charge is 0.399 e. The summed E-state index contributed by atoms with van der Waals surface area (Å²) in [7, 11) is 0. The van der Waals surface area contributed by atoms with Crippen molar-refractivity contribution in [2.24, 2.45) is 10.2 Å². The Labute approximate surface area is 109 Å². The molecule has 2 aromatic carbocycles. The van der Waals surface area contributed by atoms with Crippen LogP contribution in [-0.4, -0.2) is 0 Å². The summed E-state index contributed by atoms with van der Waals surface area (Å²) in [6.45, 7) is 1.95. The van der Waals surface area contributed by atoms with Crippen LogP contribution < -0.4 is 5.73 Å². The average molecular weight is 290 g/mol. The highest BCUT2D eigenvalue weighted by Gasteiger charge is 1.97. The highest BCUT2D eigenvalue weighted by Crippen LogP contribution is 2.27. The number of halogens is 1. The second-order valence-electron chi connectivity index (χ2n) is 3.69. The van der Waals surface area contributed by atoms with E-state index in [9.17, 15) is 0 Å². The summed E-state index contributed by atoms with van der Waals surface area (Å²) >= 11 is 3.42. The molecule has 0 amide bonds. The number of rotatable bonds is 2. The van der Waals surface area contributed by atoms with E-state index in [4.69, 9.17) is 5.73 Å². The number of aryl methyl sites for hydroxylation is 1. The van der Waals surface area contributed by atoms with Gasteiger partial charge in [-0.1, -0.05) is 12.1 Å². The lowest BCUT2D eigenvalue weighted by molar-refractivity contribution is 1.22. The second-order valence-corrected chi connectivity index (χ2v) is 4.55. The lowest BCUT2D eigenvalue weighted by Gasteiger charge is -2.00. The van der Waals surface area contributed by atoms with E-state index < -0.39 is 0 Å². The number of hydrogen-bond acceptors (Lipinski definition) is 3. The van der Waals surface area contributed by atoms with E-state index in [0.717, 1.165) is 27.1 Å². The van der Waals surface area contributed by atoms with Crippen molar-refractivity contribution in [1.82, 2.24) is 0 Å². The minimum Gasteiger partial charge on any atom is -0.399 e. The molecule has 0 saturated heterocycles. The summed E-state index contributed by atoms with van der Waals surface area (Å²) in [6, 6.07) is 13.3. The van der Waals surface area contributed by atoms with Gasteiger partial charge in [-0.3, -0.25) is 0 Å². The average Bonchev–Trinajstić information content (AvgIpc) is 2.32. The molecule has 0 bridgehead atoms. The van der Waals surface area contributed by atoms with Crippen LogP contribution in [0, 0.1) is 6.92 Å². The van der Waals surface area contributed by atoms with Gasteiger partial charge in [-0.2, -0.15) is 5.11 Å². The van der Waals surface area contributed by atoms with Crippen LogP contribution in [0.25, 0.3) is 0 Å². The monoisotopic (exact) mass is 289 g/mol. The van der Waals surface area contributed by atoms with Crippen molar-refractivity contribution < 1.29 is 0 Å². The van der Waals surface area contributed by atoms with Crippen LogP contribution >= 0.6 is 15.9 Å². The summed E-state index contributed by atoms with van der Waals surface area (Å²) in [4.78, 5) is 0. The van der Waals surface area contributed by atoms with Crippen molar-refractivity contribution in [3.05, 3.63) is 52.5 Å². The zero-order valence-electron chi connectivity index (χ0n) is 9.39. The molecule has 0 fully saturated rings. The molecule has 0 radical (unpaired) electrons. The third-order valence-corrected chi connectivity index (χ3v) is 3.05. The zero-order chi connectivity index (χ0) is 12.3. The highest BCUT2D eigenvalue weighted by atomic mass is 79.9. The second kappa shape index (κ2) is 5.10. The number of nitrogens with two attached hydrogens (primary N) is 1. The van der Waals surface area contributed by atoms with Crippen LogP contribution in [0.4, 0.5) is 17.1 Å².